The van der Waals surface area contributed by atoms with E-state index in [2.05, 4.69) is 70.5 Å². The number of piperidine rings is 1. The Kier molecular flexibility index (Phi) is 8.76. The maximum absolute atomic E-state index is 12.3. The van der Waals surface area contributed by atoms with E-state index in [-0.39, 0.29) is 6.04 Å². The molecule has 3 aliphatic rings. The van der Waals surface area contributed by atoms with E-state index in [0.29, 0.717) is 17.8 Å². The van der Waals surface area contributed by atoms with Crippen LogP contribution in [0.15, 0.2) is 60.7 Å². The predicted octanol–water partition coefficient (Wildman–Crippen LogP) is 6.08. The molecule has 1 aliphatic carbocycles. The van der Waals surface area contributed by atoms with E-state index in [4.69, 9.17) is 0 Å². The standard InChI is InChI=1S/C32H44N2O2/c35-32(36)31(21-27-13-8-14-27)34-23-29(30(24-34)28-15-5-2-6-16-28)22-33-19-17-26(18-20-33)12-7-11-25-9-3-1-4-10-25/h1-6,9-10,15-16,26-27,29-31H,7-8,11-14,17-24H2,(H,35,36)/t29-,30+,31-/m0/s1. The first-order chi connectivity index (χ1) is 17.7. The molecule has 2 saturated heterocycles. The van der Waals surface area contributed by atoms with Gasteiger partial charge in [-0.15, -0.1) is 0 Å². The molecule has 1 saturated carbocycles. The molecule has 0 amide bonds. The third-order valence-electron chi connectivity index (χ3n) is 9.32. The Morgan fingerprint density at radius 2 is 1.58 bits per heavy atom. The number of likely N-dealkylation sites (tertiary alicyclic amines) is 2. The van der Waals surface area contributed by atoms with Gasteiger partial charge in [0, 0.05) is 25.6 Å². The fourth-order valence-electron chi connectivity index (χ4n) is 6.90. The summed E-state index contributed by atoms with van der Waals surface area (Å²) in [6.45, 7) is 5.29. The molecule has 0 radical (unpaired) electrons. The molecule has 0 spiro atoms. The SMILES string of the molecule is O=C(O)[C@H](CC1CCC1)N1C[C@H](CN2CCC(CCCc3ccccc3)CC2)[C@@H](c2ccccc2)C1. The zero-order chi connectivity index (χ0) is 24.7. The minimum atomic E-state index is -0.620. The smallest absolute Gasteiger partial charge is 0.320 e. The number of aryl methyl sites for hydroxylation is 1. The van der Waals surface area contributed by atoms with Crippen LogP contribution < -0.4 is 0 Å². The van der Waals surface area contributed by atoms with Gasteiger partial charge in [0.15, 0.2) is 0 Å². The van der Waals surface area contributed by atoms with Crippen LogP contribution in [0.4, 0.5) is 0 Å². The maximum atomic E-state index is 12.3. The lowest BCUT2D eigenvalue weighted by molar-refractivity contribution is -0.144. The fraction of sp³-hybridized carbons (Fsp3) is 0.594. The second-order valence-electron chi connectivity index (χ2n) is 11.7. The van der Waals surface area contributed by atoms with E-state index in [1.54, 1.807) is 0 Å². The Labute approximate surface area is 217 Å². The summed E-state index contributed by atoms with van der Waals surface area (Å²) in [5.74, 6) is 1.78. The summed E-state index contributed by atoms with van der Waals surface area (Å²) in [7, 11) is 0. The van der Waals surface area contributed by atoms with Crippen LogP contribution in [0.5, 0.6) is 0 Å². The monoisotopic (exact) mass is 488 g/mol. The Balaban J connectivity index is 1.15. The lowest BCUT2D eigenvalue weighted by Crippen LogP contribution is -2.43. The van der Waals surface area contributed by atoms with Crippen LogP contribution in [-0.4, -0.2) is 59.6 Å². The fourth-order valence-corrected chi connectivity index (χ4v) is 6.90. The lowest BCUT2D eigenvalue weighted by Gasteiger charge is -2.35. The molecule has 2 heterocycles. The molecule has 194 valence electrons. The molecule has 0 unspecified atom stereocenters. The second-order valence-corrected chi connectivity index (χ2v) is 11.7. The largest absolute Gasteiger partial charge is 0.480 e. The molecule has 1 N–H and O–H groups in total. The highest BCUT2D eigenvalue weighted by molar-refractivity contribution is 5.73. The lowest BCUT2D eigenvalue weighted by atomic mass is 9.80. The molecule has 2 aliphatic heterocycles. The van der Waals surface area contributed by atoms with Crippen molar-refractivity contribution in [2.45, 2.75) is 69.7 Å². The van der Waals surface area contributed by atoms with E-state index < -0.39 is 5.97 Å². The van der Waals surface area contributed by atoms with Crippen LogP contribution in [0.3, 0.4) is 0 Å². The number of benzene rings is 2. The highest BCUT2D eigenvalue weighted by Crippen LogP contribution is 2.38. The van der Waals surface area contributed by atoms with Gasteiger partial charge in [-0.05, 0) is 74.1 Å². The summed E-state index contributed by atoms with van der Waals surface area (Å²) in [6.07, 6.45) is 11.0. The molecule has 36 heavy (non-hydrogen) atoms. The van der Waals surface area contributed by atoms with E-state index >= 15 is 0 Å². The van der Waals surface area contributed by atoms with Crippen LogP contribution in [0, 0.1) is 17.8 Å². The van der Waals surface area contributed by atoms with E-state index in [0.717, 1.165) is 32.0 Å². The molecule has 4 nitrogen and oxygen atoms in total. The number of carboxylic acid groups (broad SMARTS) is 1. The third-order valence-corrected chi connectivity index (χ3v) is 9.32. The van der Waals surface area contributed by atoms with Crippen molar-refractivity contribution in [1.29, 1.82) is 0 Å². The maximum Gasteiger partial charge on any atom is 0.320 e. The third kappa shape index (κ3) is 6.58. The van der Waals surface area contributed by atoms with Gasteiger partial charge in [-0.3, -0.25) is 9.69 Å². The zero-order valence-corrected chi connectivity index (χ0v) is 21.8. The van der Waals surface area contributed by atoms with Crippen LogP contribution >= 0.6 is 0 Å². The molecule has 5 rings (SSSR count). The predicted molar refractivity (Wildman–Crippen MR) is 146 cm³/mol. The number of carbonyl (C=O) groups is 1. The Morgan fingerprint density at radius 3 is 2.22 bits per heavy atom. The summed E-state index contributed by atoms with van der Waals surface area (Å²) < 4.78 is 0. The number of aliphatic carboxylic acids is 1. The van der Waals surface area contributed by atoms with E-state index in [9.17, 15) is 9.90 Å². The van der Waals surface area contributed by atoms with Gasteiger partial charge >= 0.3 is 5.97 Å². The van der Waals surface area contributed by atoms with Crippen molar-refractivity contribution < 1.29 is 9.90 Å². The summed E-state index contributed by atoms with van der Waals surface area (Å²) >= 11 is 0. The summed E-state index contributed by atoms with van der Waals surface area (Å²) in [5.41, 5.74) is 2.85. The van der Waals surface area contributed by atoms with Gasteiger partial charge in [0.2, 0.25) is 0 Å². The first-order valence-electron chi connectivity index (χ1n) is 14.4. The van der Waals surface area contributed by atoms with Gasteiger partial charge < -0.3 is 10.0 Å². The van der Waals surface area contributed by atoms with E-state index in [1.807, 2.05) is 0 Å². The van der Waals surface area contributed by atoms with Crippen molar-refractivity contribution in [3.05, 3.63) is 71.8 Å². The average molecular weight is 489 g/mol. The van der Waals surface area contributed by atoms with Crippen molar-refractivity contribution in [3.8, 4) is 0 Å². The number of carboxylic acids is 1. The number of rotatable bonds is 11. The molecule has 3 fully saturated rings. The second kappa shape index (κ2) is 12.4. The molecule has 2 aromatic rings. The molecular weight excluding hydrogens is 444 g/mol. The van der Waals surface area contributed by atoms with Gasteiger partial charge in [-0.25, -0.2) is 0 Å². The number of nitrogens with zero attached hydrogens (tertiary/aromatic N) is 2. The Hall–Kier alpha value is -2.17. The molecule has 0 bridgehead atoms. The van der Waals surface area contributed by atoms with Crippen LogP contribution in [0.25, 0.3) is 0 Å². The highest BCUT2D eigenvalue weighted by Gasteiger charge is 2.41. The van der Waals surface area contributed by atoms with Gasteiger partial charge in [0.1, 0.15) is 6.04 Å². The Bertz CT molecular complexity index is 937. The number of hydrogen-bond donors (Lipinski definition) is 1. The van der Waals surface area contributed by atoms with Crippen molar-refractivity contribution in [3.63, 3.8) is 0 Å². The van der Waals surface area contributed by atoms with Crippen molar-refractivity contribution >= 4 is 5.97 Å². The quantitative estimate of drug-likeness (QED) is 0.416. The molecule has 0 aromatic heterocycles. The number of hydrogen-bond acceptors (Lipinski definition) is 3. The van der Waals surface area contributed by atoms with Gasteiger partial charge in [0.25, 0.3) is 0 Å². The van der Waals surface area contributed by atoms with Crippen molar-refractivity contribution in [1.82, 2.24) is 9.80 Å². The normalized spacial score (nSPS) is 25.0. The van der Waals surface area contributed by atoms with Gasteiger partial charge in [-0.1, -0.05) is 86.3 Å². The summed E-state index contributed by atoms with van der Waals surface area (Å²) in [4.78, 5) is 17.3. The van der Waals surface area contributed by atoms with Crippen LogP contribution in [0.2, 0.25) is 0 Å². The first kappa shape index (κ1) is 25.5. The molecular formula is C32H44N2O2. The zero-order valence-electron chi connectivity index (χ0n) is 21.8. The first-order valence-corrected chi connectivity index (χ1v) is 14.4. The Morgan fingerprint density at radius 1 is 0.889 bits per heavy atom. The summed E-state index contributed by atoms with van der Waals surface area (Å²) in [6, 6.07) is 21.4. The average Bonchev–Trinajstić information content (AvgIpc) is 3.28. The minimum absolute atomic E-state index is 0.318. The van der Waals surface area contributed by atoms with Gasteiger partial charge in [0.05, 0.1) is 0 Å². The van der Waals surface area contributed by atoms with E-state index in [1.165, 1.54) is 75.6 Å². The van der Waals surface area contributed by atoms with Gasteiger partial charge in [-0.2, -0.15) is 0 Å². The van der Waals surface area contributed by atoms with Crippen molar-refractivity contribution in [2.75, 3.05) is 32.7 Å². The summed E-state index contributed by atoms with van der Waals surface area (Å²) in [5, 5.41) is 10.1. The topological polar surface area (TPSA) is 43.8 Å². The van der Waals surface area contributed by atoms with Crippen molar-refractivity contribution in [2.24, 2.45) is 17.8 Å². The van der Waals surface area contributed by atoms with Crippen LogP contribution in [-0.2, 0) is 11.2 Å². The highest BCUT2D eigenvalue weighted by atomic mass is 16.4. The molecule has 3 atom stereocenters. The molecule has 2 aromatic carbocycles. The minimum Gasteiger partial charge on any atom is -0.480 e. The van der Waals surface area contributed by atoms with Crippen LogP contribution in [0.1, 0.15) is 68.4 Å². The molecule has 4 heteroatoms.